The van der Waals surface area contributed by atoms with Crippen molar-refractivity contribution in [1.82, 2.24) is 9.21 Å². The predicted octanol–water partition coefficient (Wildman–Crippen LogP) is 2.65. The van der Waals surface area contributed by atoms with Gasteiger partial charge in [0, 0.05) is 24.5 Å². The maximum atomic E-state index is 13.2. The lowest BCUT2D eigenvalue weighted by atomic mass is 10.2. The number of urea groups is 1. The number of carbonyl (C=O) groups is 3. The fourth-order valence-corrected chi connectivity index (χ4v) is 5.03. The molecule has 1 N–H and O–H groups in total. The van der Waals surface area contributed by atoms with Crippen LogP contribution in [0.1, 0.15) is 20.8 Å². The summed E-state index contributed by atoms with van der Waals surface area (Å²) in [5.74, 6) is -1.65. The lowest BCUT2D eigenvalue weighted by Crippen LogP contribution is -2.39. The standard InChI is InChI=1S/C22H25FN4O5S/c1-4-25(5-2)33(31,32)19-12-8-17(9-13-19)24-20(28)14-26-21(29)15(3)27(22(26)30)18-10-6-16(23)7-11-18/h6-13,15H,4-5,14H2,1-3H3,(H,24,28). The molecule has 176 valence electrons. The topological polar surface area (TPSA) is 107 Å². The molecule has 0 saturated carbocycles. The second-order valence-electron chi connectivity index (χ2n) is 7.39. The molecule has 1 aliphatic rings. The zero-order valence-electron chi connectivity index (χ0n) is 18.5. The van der Waals surface area contributed by atoms with E-state index < -0.39 is 46.3 Å². The number of sulfonamides is 1. The highest BCUT2D eigenvalue weighted by atomic mass is 32.2. The first-order chi connectivity index (χ1) is 15.6. The van der Waals surface area contributed by atoms with E-state index in [1.165, 1.54) is 64.7 Å². The summed E-state index contributed by atoms with van der Waals surface area (Å²) in [6.07, 6.45) is 0. The Bertz CT molecular complexity index is 1150. The van der Waals surface area contributed by atoms with Crippen LogP contribution < -0.4 is 10.2 Å². The summed E-state index contributed by atoms with van der Waals surface area (Å²) in [6, 6.07) is 9.24. The Balaban J connectivity index is 1.69. The van der Waals surface area contributed by atoms with Crippen LogP contribution in [0.25, 0.3) is 0 Å². The molecule has 0 bridgehead atoms. The van der Waals surface area contributed by atoms with E-state index in [1.54, 1.807) is 13.8 Å². The fraction of sp³-hybridized carbons (Fsp3) is 0.318. The molecule has 0 aliphatic carbocycles. The number of nitrogens with one attached hydrogen (secondary N) is 1. The van der Waals surface area contributed by atoms with Crippen molar-refractivity contribution in [2.75, 3.05) is 29.9 Å². The number of hydrogen-bond acceptors (Lipinski definition) is 5. The second kappa shape index (κ2) is 9.67. The van der Waals surface area contributed by atoms with Gasteiger partial charge in [-0.25, -0.2) is 17.6 Å². The number of amides is 4. The minimum atomic E-state index is -3.63. The molecule has 3 rings (SSSR count). The molecule has 9 nitrogen and oxygen atoms in total. The normalized spacial score (nSPS) is 16.6. The Hall–Kier alpha value is -3.31. The Morgan fingerprint density at radius 3 is 2.15 bits per heavy atom. The van der Waals surface area contributed by atoms with Gasteiger partial charge in [-0.1, -0.05) is 13.8 Å². The summed E-state index contributed by atoms with van der Waals surface area (Å²) in [5.41, 5.74) is 0.663. The molecule has 2 aromatic rings. The number of anilines is 2. The Morgan fingerprint density at radius 1 is 1.03 bits per heavy atom. The van der Waals surface area contributed by atoms with Crippen molar-refractivity contribution in [1.29, 1.82) is 0 Å². The van der Waals surface area contributed by atoms with Gasteiger partial charge in [-0.15, -0.1) is 0 Å². The summed E-state index contributed by atoms with van der Waals surface area (Å²) in [4.78, 5) is 39.9. The Morgan fingerprint density at radius 2 is 1.61 bits per heavy atom. The van der Waals surface area contributed by atoms with Gasteiger partial charge in [-0.2, -0.15) is 4.31 Å². The van der Waals surface area contributed by atoms with Crippen molar-refractivity contribution >= 4 is 39.2 Å². The number of halogens is 1. The number of carbonyl (C=O) groups excluding carboxylic acids is 3. The van der Waals surface area contributed by atoms with Gasteiger partial charge in [0.15, 0.2) is 0 Å². The van der Waals surface area contributed by atoms with E-state index in [0.717, 1.165) is 4.90 Å². The summed E-state index contributed by atoms with van der Waals surface area (Å²) < 4.78 is 39.6. The highest BCUT2D eigenvalue weighted by Crippen LogP contribution is 2.26. The van der Waals surface area contributed by atoms with Crippen molar-refractivity contribution < 1.29 is 27.2 Å². The van der Waals surface area contributed by atoms with Crippen LogP contribution in [-0.4, -0.2) is 61.1 Å². The summed E-state index contributed by atoms with van der Waals surface area (Å²) in [5, 5.41) is 2.56. The second-order valence-corrected chi connectivity index (χ2v) is 9.33. The van der Waals surface area contributed by atoms with Gasteiger partial charge in [-0.3, -0.25) is 19.4 Å². The average molecular weight is 477 g/mol. The lowest BCUT2D eigenvalue weighted by molar-refractivity contribution is -0.130. The van der Waals surface area contributed by atoms with Crippen molar-refractivity contribution in [3.8, 4) is 0 Å². The maximum Gasteiger partial charge on any atom is 0.332 e. The number of nitrogens with zero attached hydrogens (tertiary/aromatic N) is 3. The van der Waals surface area contributed by atoms with E-state index in [-0.39, 0.29) is 4.90 Å². The van der Waals surface area contributed by atoms with E-state index >= 15 is 0 Å². The smallest absolute Gasteiger partial charge is 0.325 e. The molecule has 0 spiro atoms. The van der Waals surface area contributed by atoms with Crippen molar-refractivity contribution in [2.45, 2.75) is 31.7 Å². The first-order valence-corrected chi connectivity index (χ1v) is 11.8. The number of imide groups is 1. The third-order valence-corrected chi connectivity index (χ3v) is 7.40. The molecule has 4 amide bonds. The Kier molecular flexibility index (Phi) is 7.13. The van der Waals surface area contributed by atoms with Gasteiger partial charge >= 0.3 is 6.03 Å². The van der Waals surface area contributed by atoms with Crippen molar-refractivity contribution in [3.63, 3.8) is 0 Å². The zero-order chi connectivity index (χ0) is 24.3. The largest absolute Gasteiger partial charge is 0.332 e. The molecule has 1 saturated heterocycles. The molecule has 1 heterocycles. The fourth-order valence-electron chi connectivity index (χ4n) is 3.57. The van der Waals surface area contributed by atoms with Gasteiger partial charge in [0.05, 0.1) is 4.90 Å². The van der Waals surface area contributed by atoms with Crippen LogP contribution in [0.3, 0.4) is 0 Å². The summed E-state index contributed by atoms with van der Waals surface area (Å²) >= 11 is 0. The maximum absolute atomic E-state index is 13.2. The van der Waals surface area contributed by atoms with Crippen LogP contribution in [0.5, 0.6) is 0 Å². The minimum absolute atomic E-state index is 0.0952. The lowest BCUT2D eigenvalue weighted by Gasteiger charge is -2.19. The quantitative estimate of drug-likeness (QED) is 0.590. The van der Waals surface area contributed by atoms with Crippen LogP contribution in [0.15, 0.2) is 53.4 Å². The third-order valence-electron chi connectivity index (χ3n) is 5.34. The molecule has 1 unspecified atom stereocenters. The molecular weight excluding hydrogens is 451 g/mol. The monoisotopic (exact) mass is 476 g/mol. The Labute approximate surface area is 191 Å². The highest BCUT2D eigenvalue weighted by molar-refractivity contribution is 7.89. The molecule has 33 heavy (non-hydrogen) atoms. The third kappa shape index (κ3) is 4.88. The highest BCUT2D eigenvalue weighted by Gasteiger charge is 2.44. The molecular formula is C22H25FN4O5S. The zero-order valence-corrected chi connectivity index (χ0v) is 19.3. The molecule has 2 aromatic carbocycles. The van der Waals surface area contributed by atoms with Crippen LogP contribution >= 0.6 is 0 Å². The van der Waals surface area contributed by atoms with E-state index in [1.807, 2.05) is 0 Å². The van der Waals surface area contributed by atoms with Gasteiger partial charge in [0.2, 0.25) is 15.9 Å². The number of rotatable bonds is 8. The van der Waals surface area contributed by atoms with Crippen LogP contribution in [0.2, 0.25) is 0 Å². The van der Waals surface area contributed by atoms with E-state index in [9.17, 15) is 27.2 Å². The summed E-state index contributed by atoms with van der Waals surface area (Å²) in [6.45, 7) is 5.17. The van der Waals surface area contributed by atoms with Crippen LogP contribution in [-0.2, 0) is 19.6 Å². The molecule has 11 heteroatoms. The molecule has 1 fully saturated rings. The van der Waals surface area contributed by atoms with Crippen molar-refractivity contribution in [2.24, 2.45) is 0 Å². The number of benzene rings is 2. The first-order valence-electron chi connectivity index (χ1n) is 10.4. The van der Waals surface area contributed by atoms with Crippen LogP contribution in [0.4, 0.5) is 20.6 Å². The van der Waals surface area contributed by atoms with E-state index in [0.29, 0.717) is 24.5 Å². The van der Waals surface area contributed by atoms with Crippen LogP contribution in [0, 0.1) is 5.82 Å². The van der Waals surface area contributed by atoms with Gasteiger partial charge in [0.1, 0.15) is 18.4 Å². The molecule has 0 radical (unpaired) electrons. The molecule has 0 aromatic heterocycles. The molecule has 1 atom stereocenters. The average Bonchev–Trinajstić information content (AvgIpc) is 2.98. The first kappa shape index (κ1) is 24.3. The van der Waals surface area contributed by atoms with Crippen molar-refractivity contribution in [3.05, 3.63) is 54.3 Å². The predicted molar refractivity (Wildman–Crippen MR) is 121 cm³/mol. The van der Waals surface area contributed by atoms with Gasteiger partial charge in [-0.05, 0) is 55.5 Å². The van der Waals surface area contributed by atoms with Gasteiger partial charge in [0.25, 0.3) is 5.91 Å². The SMILES string of the molecule is CCN(CC)S(=O)(=O)c1ccc(NC(=O)CN2C(=O)C(C)N(c3ccc(F)cc3)C2=O)cc1. The molecule has 1 aliphatic heterocycles. The summed E-state index contributed by atoms with van der Waals surface area (Å²) in [7, 11) is -3.63. The van der Waals surface area contributed by atoms with E-state index in [2.05, 4.69) is 5.32 Å². The minimum Gasteiger partial charge on any atom is -0.325 e. The number of hydrogen-bond donors (Lipinski definition) is 1. The van der Waals surface area contributed by atoms with E-state index in [4.69, 9.17) is 0 Å². The van der Waals surface area contributed by atoms with Gasteiger partial charge < -0.3 is 5.32 Å².